The topological polar surface area (TPSA) is 9.23 Å². The molecule has 2 rings (SSSR count). The highest BCUT2D eigenvalue weighted by molar-refractivity contribution is 5.48. The molecule has 1 aliphatic carbocycles. The van der Waals surface area contributed by atoms with Crippen molar-refractivity contribution in [1.82, 2.24) is 0 Å². The molecule has 1 heteroatoms. The van der Waals surface area contributed by atoms with Gasteiger partial charge in [0.15, 0.2) is 0 Å². The Morgan fingerprint density at radius 2 is 2.50 bits per heavy atom. The van der Waals surface area contributed by atoms with Crippen LogP contribution in [0.15, 0.2) is 35.6 Å². The molecule has 1 aliphatic heterocycles. The first-order chi connectivity index (χ1) is 4.90. The lowest BCUT2D eigenvalue weighted by atomic mass is 10.2. The lowest BCUT2D eigenvalue weighted by Crippen LogP contribution is -1.99. The predicted molar refractivity (Wildman–Crippen MR) is 40.5 cm³/mol. The Labute approximate surface area is 60.7 Å². The molecule has 0 saturated carbocycles. The van der Waals surface area contributed by atoms with Crippen molar-refractivity contribution in [1.29, 1.82) is 0 Å². The van der Waals surface area contributed by atoms with Crippen LogP contribution in [0.5, 0.6) is 0 Å². The molecule has 0 aromatic rings. The molecule has 0 bridgehead atoms. The van der Waals surface area contributed by atoms with Gasteiger partial charge in [-0.1, -0.05) is 19.1 Å². The van der Waals surface area contributed by atoms with Gasteiger partial charge in [-0.05, 0) is 18.6 Å². The Bertz CT molecular complexity index is 233. The summed E-state index contributed by atoms with van der Waals surface area (Å²) in [6, 6.07) is 0. The van der Waals surface area contributed by atoms with Gasteiger partial charge in [-0.3, -0.25) is 0 Å². The van der Waals surface area contributed by atoms with Crippen LogP contribution in [0.4, 0.5) is 0 Å². The standard InChI is InChI=1S/C9H10O/c1-2-8-6-7-4-3-5-9(7)10-8/h3-6,8H,2H2,1H3. The van der Waals surface area contributed by atoms with E-state index in [1.807, 2.05) is 12.2 Å². The van der Waals surface area contributed by atoms with Crippen LogP contribution < -0.4 is 0 Å². The summed E-state index contributed by atoms with van der Waals surface area (Å²) in [5.74, 6) is 1.05. The maximum absolute atomic E-state index is 5.54. The fourth-order valence-electron chi connectivity index (χ4n) is 1.26. The minimum absolute atomic E-state index is 0.325. The lowest BCUT2D eigenvalue weighted by Gasteiger charge is -2.05. The Hall–Kier alpha value is -0.980. The molecular weight excluding hydrogens is 124 g/mol. The first-order valence-corrected chi connectivity index (χ1v) is 3.67. The minimum atomic E-state index is 0.325. The van der Waals surface area contributed by atoms with Crippen LogP contribution >= 0.6 is 0 Å². The van der Waals surface area contributed by atoms with Gasteiger partial charge in [0.05, 0.1) is 0 Å². The smallest absolute Gasteiger partial charge is 0.127 e. The molecule has 0 saturated heterocycles. The number of ether oxygens (including phenoxy) is 1. The first kappa shape index (κ1) is 5.78. The maximum Gasteiger partial charge on any atom is 0.127 e. The highest BCUT2D eigenvalue weighted by Gasteiger charge is 2.19. The van der Waals surface area contributed by atoms with Crippen molar-refractivity contribution in [2.45, 2.75) is 19.4 Å². The Morgan fingerprint density at radius 1 is 1.60 bits per heavy atom. The van der Waals surface area contributed by atoms with Crippen LogP contribution in [0.25, 0.3) is 0 Å². The molecule has 10 heavy (non-hydrogen) atoms. The Kier molecular flexibility index (Phi) is 1.16. The molecule has 0 radical (unpaired) electrons. The second-order valence-electron chi connectivity index (χ2n) is 2.58. The molecule has 0 N–H and O–H groups in total. The Morgan fingerprint density at radius 3 is 3.20 bits per heavy atom. The van der Waals surface area contributed by atoms with Crippen molar-refractivity contribution < 1.29 is 4.74 Å². The maximum atomic E-state index is 5.54. The predicted octanol–water partition coefficient (Wildman–Crippen LogP) is 2.18. The molecule has 0 fully saturated rings. The zero-order valence-electron chi connectivity index (χ0n) is 6.00. The van der Waals surface area contributed by atoms with Gasteiger partial charge in [0.2, 0.25) is 0 Å². The highest BCUT2D eigenvalue weighted by atomic mass is 16.5. The summed E-state index contributed by atoms with van der Waals surface area (Å²) in [5, 5.41) is 0. The average molecular weight is 134 g/mol. The van der Waals surface area contributed by atoms with E-state index in [-0.39, 0.29) is 0 Å². The summed E-state index contributed by atoms with van der Waals surface area (Å²) >= 11 is 0. The van der Waals surface area contributed by atoms with E-state index in [1.165, 1.54) is 5.57 Å². The van der Waals surface area contributed by atoms with Gasteiger partial charge in [0.25, 0.3) is 0 Å². The molecule has 1 atom stereocenters. The van der Waals surface area contributed by atoms with Crippen LogP contribution in [0.2, 0.25) is 0 Å². The lowest BCUT2D eigenvalue weighted by molar-refractivity contribution is 0.178. The third-order valence-corrected chi connectivity index (χ3v) is 1.85. The Balaban J connectivity index is 2.25. The summed E-state index contributed by atoms with van der Waals surface area (Å²) in [6.07, 6.45) is 9.69. The zero-order chi connectivity index (χ0) is 6.97. The molecule has 1 unspecified atom stereocenters. The number of hydrogen-bond acceptors (Lipinski definition) is 1. The molecule has 52 valence electrons. The van der Waals surface area contributed by atoms with Gasteiger partial charge in [-0.25, -0.2) is 0 Å². The monoisotopic (exact) mass is 134 g/mol. The molecule has 0 spiro atoms. The van der Waals surface area contributed by atoms with Crippen LogP contribution in [0, 0.1) is 0 Å². The van der Waals surface area contributed by atoms with Crippen molar-refractivity contribution in [3.63, 3.8) is 0 Å². The quantitative estimate of drug-likeness (QED) is 0.534. The molecule has 1 heterocycles. The molecule has 0 aromatic heterocycles. The fourth-order valence-corrected chi connectivity index (χ4v) is 1.26. The van der Waals surface area contributed by atoms with E-state index in [0.29, 0.717) is 6.10 Å². The van der Waals surface area contributed by atoms with Crippen LogP contribution in [0.3, 0.4) is 0 Å². The molecule has 2 aliphatic rings. The number of fused-ring (bicyclic) bond motifs is 1. The second kappa shape index (κ2) is 2.01. The van der Waals surface area contributed by atoms with Crippen molar-refractivity contribution in [2.24, 2.45) is 0 Å². The van der Waals surface area contributed by atoms with Crippen molar-refractivity contribution in [3.8, 4) is 0 Å². The summed E-state index contributed by atoms with van der Waals surface area (Å²) in [5.41, 5.74) is 1.26. The molecular formula is C9H10O. The van der Waals surface area contributed by atoms with Gasteiger partial charge < -0.3 is 4.74 Å². The molecule has 0 aromatic carbocycles. The summed E-state index contributed by atoms with van der Waals surface area (Å²) in [7, 11) is 0. The van der Waals surface area contributed by atoms with Gasteiger partial charge in [-0.15, -0.1) is 0 Å². The second-order valence-corrected chi connectivity index (χ2v) is 2.58. The summed E-state index contributed by atoms with van der Waals surface area (Å²) in [4.78, 5) is 0. The van der Waals surface area contributed by atoms with Gasteiger partial charge >= 0.3 is 0 Å². The first-order valence-electron chi connectivity index (χ1n) is 3.67. The van der Waals surface area contributed by atoms with E-state index in [4.69, 9.17) is 4.74 Å². The van der Waals surface area contributed by atoms with Gasteiger partial charge in [0.1, 0.15) is 11.9 Å². The van der Waals surface area contributed by atoms with E-state index in [9.17, 15) is 0 Å². The third kappa shape index (κ3) is 0.703. The average Bonchev–Trinajstić information content (AvgIpc) is 2.42. The minimum Gasteiger partial charge on any atom is -0.486 e. The number of allylic oxidation sites excluding steroid dienone is 3. The summed E-state index contributed by atoms with van der Waals surface area (Å²) in [6.45, 7) is 2.13. The van der Waals surface area contributed by atoms with Crippen LogP contribution in [-0.4, -0.2) is 6.10 Å². The zero-order valence-corrected chi connectivity index (χ0v) is 6.00. The van der Waals surface area contributed by atoms with E-state index in [1.54, 1.807) is 0 Å². The fraction of sp³-hybridized carbons (Fsp3) is 0.333. The van der Waals surface area contributed by atoms with Crippen molar-refractivity contribution in [2.75, 3.05) is 0 Å². The van der Waals surface area contributed by atoms with E-state index in [0.717, 1.165) is 12.2 Å². The third-order valence-electron chi connectivity index (χ3n) is 1.85. The van der Waals surface area contributed by atoms with Gasteiger partial charge in [0, 0.05) is 5.57 Å². The van der Waals surface area contributed by atoms with E-state index < -0.39 is 0 Å². The van der Waals surface area contributed by atoms with Crippen LogP contribution in [-0.2, 0) is 4.74 Å². The largest absolute Gasteiger partial charge is 0.486 e. The van der Waals surface area contributed by atoms with Crippen LogP contribution in [0.1, 0.15) is 13.3 Å². The van der Waals surface area contributed by atoms with E-state index >= 15 is 0 Å². The number of hydrogen-bond donors (Lipinski definition) is 0. The van der Waals surface area contributed by atoms with Crippen molar-refractivity contribution in [3.05, 3.63) is 35.6 Å². The summed E-state index contributed by atoms with van der Waals surface area (Å²) < 4.78 is 5.54. The SMILES string of the molecule is CCC1C=C2C=CC=C2O1. The number of rotatable bonds is 1. The molecule has 0 amide bonds. The normalized spacial score (nSPS) is 27.5. The highest BCUT2D eigenvalue weighted by Crippen LogP contribution is 2.29. The van der Waals surface area contributed by atoms with E-state index in [2.05, 4.69) is 19.1 Å². The van der Waals surface area contributed by atoms with Crippen molar-refractivity contribution >= 4 is 0 Å². The van der Waals surface area contributed by atoms with Gasteiger partial charge in [-0.2, -0.15) is 0 Å². The molecule has 1 nitrogen and oxygen atoms in total.